The van der Waals surface area contributed by atoms with Gasteiger partial charge in [-0.05, 0) is 57.0 Å². The summed E-state index contributed by atoms with van der Waals surface area (Å²) in [7, 11) is 0. The van der Waals surface area contributed by atoms with Crippen LogP contribution >= 0.6 is 24.0 Å². The van der Waals surface area contributed by atoms with Crippen LogP contribution in [0.5, 0.6) is 11.5 Å². The molecule has 4 nitrogen and oxygen atoms in total. The second-order valence-corrected chi connectivity index (χ2v) is 6.97. The molecule has 28 heavy (non-hydrogen) atoms. The predicted molar refractivity (Wildman–Crippen MR) is 118 cm³/mol. The van der Waals surface area contributed by atoms with E-state index in [0.717, 1.165) is 37.2 Å². The molecule has 0 saturated carbocycles. The summed E-state index contributed by atoms with van der Waals surface area (Å²) in [4.78, 5) is 0. The lowest BCUT2D eigenvalue weighted by atomic mass is 10.2. The largest absolute Gasteiger partial charge is 0.490 e. The first-order valence-electron chi connectivity index (χ1n) is 9.54. The van der Waals surface area contributed by atoms with Crippen molar-refractivity contribution < 1.29 is 14.2 Å². The maximum atomic E-state index is 6.48. The lowest BCUT2D eigenvalue weighted by Crippen LogP contribution is -2.17. The van der Waals surface area contributed by atoms with E-state index in [1.807, 2.05) is 63.2 Å². The van der Waals surface area contributed by atoms with E-state index in [1.54, 1.807) is 0 Å². The highest BCUT2D eigenvalue weighted by atomic mass is 35.5. The maximum Gasteiger partial charge on any atom is 0.180 e. The first-order valence-corrected chi connectivity index (χ1v) is 9.92. The second-order valence-electron chi connectivity index (χ2n) is 6.56. The van der Waals surface area contributed by atoms with Crippen molar-refractivity contribution in [1.29, 1.82) is 0 Å². The van der Waals surface area contributed by atoms with Crippen molar-refractivity contribution in [2.75, 3.05) is 19.8 Å². The number of ether oxygens (including phenoxy) is 3. The highest BCUT2D eigenvalue weighted by Crippen LogP contribution is 2.37. The van der Waals surface area contributed by atoms with Crippen LogP contribution in [0.2, 0.25) is 5.02 Å². The molecule has 0 aliphatic heterocycles. The summed E-state index contributed by atoms with van der Waals surface area (Å²) in [6, 6.07) is 13.9. The van der Waals surface area contributed by atoms with E-state index in [2.05, 4.69) is 5.32 Å². The number of rotatable bonds is 12. The molecule has 6 heteroatoms. The van der Waals surface area contributed by atoms with Gasteiger partial charge in [-0.1, -0.05) is 41.9 Å². The van der Waals surface area contributed by atoms with Gasteiger partial charge in [-0.3, -0.25) is 0 Å². The first-order chi connectivity index (χ1) is 13.1. The Hall–Kier alpha value is -1.46. The van der Waals surface area contributed by atoms with Crippen molar-refractivity contribution in [3.05, 3.63) is 58.6 Å². The fourth-order valence-corrected chi connectivity index (χ4v) is 2.89. The van der Waals surface area contributed by atoms with Gasteiger partial charge in [-0.2, -0.15) is 0 Å². The quantitative estimate of drug-likeness (QED) is 0.444. The van der Waals surface area contributed by atoms with Crippen LogP contribution in [0.1, 0.15) is 38.3 Å². The third kappa shape index (κ3) is 8.70. The molecule has 0 aliphatic carbocycles. The molecule has 0 aliphatic rings. The van der Waals surface area contributed by atoms with Crippen molar-refractivity contribution >= 4 is 24.0 Å². The zero-order valence-electron chi connectivity index (χ0n) is 16.9. The van der Waals surface area contributed by atoms with Crippen LogP contribution in [0.25, 0.3) is 0 Å². The van der Waals surface area contributed by atoms with Crippen molar-refractivity contribution in [3.8, 4) is 11.5 Å². The maximum absolute atomic E-state index is 6.48. The molecule has 0 bridgehead atoms. The molecule has 0 unspecified atom stereocenters. The van der Waals surface area contributed by atoms with E-state index in [1.165, 1.54) is 0 Å². The Balaban J connectivity index is 0.00000392. The Morgan fingerprint density at radius 2 is 1.79 bits per heavy atom. The molecule has 0 radical (unpaired) electrons. The number of hydrogen-bond donors (Lipinski definition) is 1. The van der Waals surface area contributed by atoms with Crippen LogP contribution in [-0.4, -0.2) is 25.9 Å². The van der Waals surface area contributed by atoms with Crippen molar-refractivity contribution in [3.63, 3.8) is 0 Å². The topological polar surface area (TPSA) is 39.7 Å². The Morgan fingerprint density at radius 1 is 1.04 bits per heavy atom. The van der Waals surface area contributed by atoms with Crippen LogP contribution in [0, 0.1) is 0 Å². The van der Waals surface area contributed by atoms with Gasteiger partial charge in [0.2, 0.25) is 0 Å². The molecule has 0 saturated heterocycles. The number of hydrogen-bond acceptors (Lipinski definition) is 4. The van der Waals surface area contributed by atoms with Crippen LogP contribution in [0.15, 0.2) is 42.5 Å². The molecule has 0 fully saturated rings. The number of halogens is 2. The number of nitrogens with one attached hydrogen (secondary N) is 1. The van der Waals surface area contributed by atoms with Gasteiger partial charge in [0.15, 0.2) is 11.5 Å². The lowest BCUT2D eigenvalue weighted by Gasteiger charge is -2.16. The average Bonchev–Trinajstić information content (AvgIpc) is 2.65. The molecule has 0 atom stereocenters. The minimum Gasteiger partial charge on any atom is -0.490 e. The Labute approximate surface area is 179 Å². The van der Waals surface area contributed by atoms with E-state index in [0.29, 0.717) is 29.7 Å². The molecule has 2 rings (SSSR count). The normalized spacial score (nSPS) is 10.6. The lowest BCUT2D eigenvalue weighted by molar-refractivity contribution is 0.0770. The third-order valence-corrected chi connectivity index (χ3v) is 4.15. The van der Waals surface area contributed by atoms with Gasteiger partial charge in [0.1, 0.15) is 6.61 Å². The molecule has 2 aromatic rings. The second kappa shape index (κ2) is 13.7. The highest BCUT2D eigenvalue weighted by molar-refractivity contribution is 6.32. The van der Waals surface area contributed by atoms with Crippen molar-refractivity contribution in [2.24, 2.45) is 0 Å². The molecule has 0 spiro atoms. The van der Waals surface area contributed by atoms with Gasteiger partial charge < -0.3 is 19.5 Å². The van der Waals surface area contributed by atoms with Gasteiger partial charge in [-0.25, -0.2) is 0 Å². The Morgan fingerprint density at radius 3 is 2.46 bits per heavy atom. The SMILES string of the molecule is CCOc1cc(CNCCCOC(C)C)cc(Cl)c1OCc1ccccc1.Cl. The minimum atomic E-state index is 0. The highest BCUT2D eigenvalue weighted by Gasteiger charge is 2.13. The van der Waals surface area contributed by atoms with Gasteiger partial charge >= 0.3 is 0 Å². The summed E-state index contributed by atoms with van der Waals surface area (Å²) in [6.07, 6.45) is 1.25. The first kappa shape index (κ1) is 24.6. The number of benzene rings is 2. The zero-order chi connectivity index (χ0) is 19.5. The average molecular weight is 428 g/mol. The monoisotopic (exact) mass is 427 g/mol. The fourth-order valence-electron chi connectivity index (χ4n) is 2.61. The van der Waals surface area contributed by atoms with E-state index >= 15 is 0 Å². The van der Waals surface area contributed by atoms with Gasteiger partial charge in [-0.15, -0.1) is 12.4 Å². The fraction of sp³-hybridized carbons (Fsp3) is 0.455. The molecule has 0 heterocycles. The smallest absolute Gasteiger partial charge is 0.180 e. The zero-order valence-corrected chi connectivity index (χ0v) is 18.4. The summed E-state index contributed by atoms with van der Waals surface area (Å²) >= 11 is 6.48. The van der Waals surface area contributed by atoms with Crippen molar-refractivity contribution in [1.82, 2.24) is 5.32 Å². The van der Waals surface area contributed by atoms with E-state index in [9.17, 15) is 0 Å². The van der Waals surface area contributed by atoms with E-state index < -0.39 is 0 Å². The molecule has 156 valence electrons. The summed E-state index contributed by atoms with van der Waals surface area (Å²) in [6.45, 7) is 9.44. The van der Waals surface area contributed by atoms with Crippen LogP contribution in [0.3, 0.4) is 0 Å². The third-order valence-electron chi connectivity index (χ3n) is 3.87. The molecule has 1 N–H and O–H groups in total. The van der Waals surface area contributed by atoms with Gasteiger partial charge in [0.05, 0.1) is 17.7 Å². The standard InChI is InChI=1S/C22H30ClNO3.ClH/c1-4-25-21-14-19(15-24-11-8-12-26-17(2)3)13-20(23)22(21)27-16-18-9-6-5-7-10-18;/h5-7,9-10,13-14,17,24H,4,8,11-12,15-16H2,1-3H3;1H. The summed E-state index contributed by atoms with van der Waals surface area (Å²) in [5.41, 5.74) is 2.16. The van der Waals surface area contributed by atoms with E-state index in [-0.39, 0.29) is 18.5 Å². The Bertz CT molecular complexity index is 681. The Kier molecular flexibility index (Phi) is 12.0. The van der Waals surface area contributed by atoms with Crippen LogP contribution < -0.4 is 14.8 Å². The minimum absolute atomic E-state index is 0. The van der Waals surface area contributed by atoms with E-state index in [4.69, 9.17) is 25.8 Å². The molecule has 0 aromatic heterocycles. The van der Waals surface area contributed by atoms with Gasteiger partial charge in [0, 0.05) is 13.2 Å². The van der Waals surface area contributed by atoms with Crippen LogP contribution in [-0.2, 0) is 17.9 Å². The molecular weight excluding hydrogens is 397 g/mol. The molecule has 2 aromatic carbocycles. The molecular formula is C22H31Cl2NO3. The van der Waals surface area contributed by atoms with Crippen LogP contribution in [0.4, 0.5) is 0 Å². The predicted octanol–water partition coefficient (Wildman–Crippen LogP) is 5.64. The summed E-state index contributed by atoms with van der Waals surface area (Å²) < 4.78 is 17.3. The molecule has 0 amide bonds. The van der Waals surface area contributed by atoms with Crippen molar-refractivity contribution in [2.45, 2.75) is 46.4 Å². The summed E-state index contributed by atoms with van der Waals surface area (Å²) in [5.74, 6) is 1.28. The summed E-state index contributed by atoms with van der Waals surface area (Å²) in [5, 5.41) is 3.98. The van der Waals surface area contributed by atoms with Gasteiger partial charge in [0.25, 0.3) is 0 Å².